The summed E-state index contributed by atoms with van der Waals surface area (Å²) in [6.45, 7) is 1.44. The molecular formula is C19H24N4O2. The van der Waals surface area contributed by atoms with Crippen molar-refractivity contribution >= 4 is 11.8 Å². The Labute approximate surface area is 147 Å². The van der Waals surface area contributed by atoms with Crippen molar-refractivity contribution in [2.75, 3.05) is 13.6 Å². The fourth-order valence-corrected chi connectivity index (χ4v) is 3.44. The topological polar surface area (TPSA) is 67.2 Å². The number of hydrogen-bond acceptors (Lipinski definition) is 3. The molecule has 1 N–H and O–H groups in total. The second-order valence-corrected chi connectivity index (χ2v) is 6.45. The van der Waals surface area contributed by atoms with Gasteiger partial charge in [0.2, 0.25) is 11.8 Å². The Bertz CT molecular complexity index is 699. The molecule has 6 heteroatoms. The number of amides is 2. The van der Waals surface area contributed by atoms with Gasteiger partial charge in [-0.2, -0.15) is 0 Å². The number of nitrogens with one attached hydrogen (secondary N) is 1. The van der Waals surface area contributed by atoms with Crippen molar-refractivity contribution in [3.8, 4) is 0 Å². The highest BCUT2D eigenvalue weighted by molar-refractivity contribution is 5.84. The van der Waals surface area contributed by atoms with Crippen LogP contribution in [0.25, 0.3) is 0 Å². The molecule has 1 aliphatic rings. The molecule has 1 saturated heterocycles. The summed E-state index contributed by atoms with van der Waals surface area (Å²) >= 11 is 0. The molecule has 0 spiro atoms. The van der Waals surface area contributed by atoms with Crippen molar-refractivity contribution in [3.05, 3.63) is 54.6 Å². The SMILES string of the molecule is CN1C(=O)CC[C@@H](C(=O)NCCCn2ccnc2)[C@@H]1c1ccccc1. The summed E-state index contributed by atoms with van der Waals surface area (Å²) in [5.41, 5.74) is 1.01. The minimum absolute atomic E-state index is 0.0267. The lowest BCUT2D eigenvalue weighted by molar-refractivity contribution is -0.141. The molecular weight excluding hydrogens is 316 g/mol. The number of carbonyl (C=O) groups excluding carboxylic acids is 2. The van der Waals surface area contributed by atoms with Crippen LogP contribution in [-0.2, 0) is 16.1 Å². The molecule has 1 aromatic carbocycles. The maximum absolute atomic E-state index is 12.7. The Morgan fingerprint density at radius 2 is 2.12 bits per heavy atom. The Morgan fingerprint density at radius 1 is 1.32 bits per heavy atom. The van der Waals surface area contributed by atoms with Crippen LogP contribution in [0.5, 0.6) is 0 Å². The summed E-state index contributed by atoms with van der Waals surface area (Å²) in [6.07, 6.45) is 7.30. The van der Waals surface area contributed by atoms with E-state index < -0.39 is 0 Å². The van der Waals surface area contributed by atoms with Crippen molar-refractivity contribution in [1.29, 1.82) is 0 Å². The first-order chi connectivity index (χ1) is 12.2. The zero-order valence-corrected chi connectivity index (χ0v) is 14.5. The minimum atomic E-state index is -0.210. The van der Waals surface area contributed by atoms with Crippen LogP contribution < -0.4 is 5.32 Å². The second kappa shape index (κ2) is 7.96. The molecule has 0 aliphatic carbocycles. The summed E-state index contributed by atoms with van der Waals surface area (Å²) in [5.74, 6) is -0.0878. The van der Waals surface area contributed by atoms with Crippen LogP contribution in [-0.4, -0.2) is 39.9 Å². The molecule has 6 nitrogen and oxygen atoms in total. The molecule has 0 saturated carbocycles. The summed E-state index contributed by atoms with van der Waals surface area (Å²) in [5, 5.41) is 3.04. The summed E-state index contributed by atoms with van der Waals surface area (Å²) in [7, 11) is 1.79. The van der Waals surface area contributed by atoms with Crippen LogP contribution in [0.4, 0.5) is 0 Å². The number of hydrogen-bond donors (Lipinski definition) is 1. The van der Waals surface area contributed by atoms with Crippen molar-refractivity contribution in [2.45, 2.75) is 31.8 Å². The number of imidazole rings is 1. The van der Waals surface area contributed by atoms with Crippen molar-refractivity contribution in [1.82, 2.24) is 19.8 Å². The number of piperidine rings is 1. The quantitative estimate of drug-likeness (QED) is 0.818. The Kier molecular flexibility index (Phi) is 5.48. The van der Waals surface area contributed by atoms with Gasteiger partial charge in [-0.1, -0.05) is 30.3 Å². The Hall–Kier alpha value is -2.63. The van der Waals surface area contributed by atoms with Gasteiger partial charge in [-0.25, -0.2) is 4.98 Å². The molecule has 132 valence electrons. The standard InChI is InChI=1S/C19H24N4O2/c1-22-17(24)9-8-16(18(22)15-6-3-2-4-7-15)19(25)21-10-5-12-23-13-11-20-14-23/h2-4,6-7,11,13-14,16,18H,5,8-10,12H2,1H3,(H,21,25)/t16-,18+/m1/s1. The first-order valence-corrected chi connectivity index (χ1v) is 8.71. The third-order valence-corrected chi connectivity index (χ3v) is 4.79. The first kappa shape index (κ1) is 17.2. The van der Waals surface area contributed by atoms with Crippen LogP contribution >= 0.6 is 0 Å². The van der Waals surface area contributed by atoms with Gasteiger partial charge in [-0.3, -0.25) is 9.59 Å². The fourth-order valence-electron chi connectivity index (χ4n) is 3.44. The van der Waals surface area contributed by atoms with Crippen molar-refractivity contribution in [2.24, 2.45) is 5.92 Å². The van der Waals surface area contributed by atoms with Gasteiger partial charge in [0.05, 0.1) is 18.3 Å². The summed E-state index contributed by atoms with van der Waals surface area (Å²) < 4.78 is 1.99. The summed E-state index contributed by atoms with van der Waals surface area (Å²) in [6, 6.07) is 9.61. The maximum atomic E-state index is 12.7. The molecule has 0 radical (unpaired) electrons. The molecule has 1 aliphatic heterocycles. The van der Waals surface area contributed by atoms with Crippen LogP contribution in [0.1, 0.15) is 30.9 Å². The zero-order chi connectivity index (χ0) is 17.6. The Balaban J connectivity index is 1.61. The number of likely N-dealkylation sites (tertiary alicyclic amines) is 1. The van der Waals surface area contributed by atoms with Gasteiger partial charge in [-0.05, 0) is 18.4 Å². The van der Waals surface area contributed by atoms with Gasteiger partial charge in [0, 0.05) is 39.0 Å². The van der Waals surface area contributed by atoms with E-state index in [4.69, 9.17) is 0 Å². The zero-order valence-electron chi connectivity index (χ0n) is 14.5. The van der Waals surface area contributed by atoms with Gasteiger partial charge in [0.15, 0.2) is 0 Å². The largest absolute Gasteiger partial charge is 0.356 e. The second-order valence-electron chi connectivity index (χ2n) is 6.45. The van der Waals surface area contributed by atoms with E-state index in [9.17, 15) is 9.59 Å². The van der Waals surface area contributed by atoms with Crippen molar-refractivity contribution in [3.63, 3.8) is 0 Å². The molecule has 2 atom stereocenters. The fraction of sp³-hybridized carbons (Fsp3) is 0.421. The molecule has 0 unspecified atom stereocenters. The van der Waals surface area contributed by atoms with E-state index >= 15 is 0 Å². The van der Waals surface area contributed by atoms with E-state index in [1.54, 1.807) is 24.5 Å². The number of carbonyl (C=O) groups is 2. The molecule has 25 heavy (non-hydrogen) atoms. The third kappa shape index (κ3) is 4.07. The monoisotopic (exact) mass is 340 g/mol. The van der Waals surface area contributed by atoms with Gasteiger partial charge in [0.25, 0.3) is 0 Å². The van der Waals surface area contributed by atoms with E-state index in [0.717, 1.165) is 18.5 Å². The smallest absolute Gasteiger partial charge is 0.225 e. The number of aryl methyl sites for hydroxylation is 1. The van der Waals surface area contributed by atoms with Gasteiger partial charge in [-0.15, -0.1) is 0 Å². The van der Waals surface area contributed by atoms with Crippen molar-refractivity contribution < 1.29 is 9.59 Å². The van der Waals surface area contributed by atoms with E-state index in [1.165, 1.54) is 0 Å². The number of rotatable bonds is 6. The number of aromatic nitrogens is 2. The molecule has 1 fully saturated rings. The predicted molar refractivity (Wildman–Crippen MR) is 94.5 cm³/mol. The highest BCUT2D eigenvalue weighted by atomic mass is 16.2. The van der Waals surface area contributed by atoms with Gasteiger partial charge < -0.3 is 14.8 Å². The van der Waals surface area contributed by atoms with Crippen LogP contribution in [0.3, 0.4) is 0 Å². The molecule has 3 rings (SSSR count). The molecule has 2 amide bonds. The third-order valence-electron chi connectivity index (χ3n) is 4.79. The minimum Gasteiger partial charge on any atom is -0.356 e. The van der Waals surface area contributed by atoms with E-state index in [1.807, 2.05) is 41.1 Å². The molecule has 1 aromatic heterocycles. The molecule has 0 bridgehead atoms. The van der Waals surface area contributed by atoms with E-state index in [-0.39, 0.29) is 23.8 Å². The molecule has 2 heterocycles. The lowest BCUT2D eigenvalue weighted by Crippen LogP contribution is -2.46. The van der Waals surface area contributed by atoms with Crippen LogP contribution in [0.2, 0.25) is 0 Å². The van der Waals surface area contributed by atoms with Crippen LogP contribution in [0.15, 0.2) is 49.1 Å². The lowest BCUT2D eigenvalue weighted by atomic mass is 9.84. The Morgan fingerprint density at radius 3 is 2.84 bits per heavy atom. The van der Waals surface area contributed by atoms with Gasteiger partial charge in [0.1, 0.15) is 0 Å². The normalized spacial score (nSPS) is 20.5. The highest BCUT2D eigenvalue weighted by Gasteiger charge is 2.38. The predicted octanol–water partition coefficient (Wildman–Crippen LogP) is 2.00. The van der Waals surface area contributed by atoms with Gasteiger partial charge >= 0.3 is 0 Å². The lowest BCUT2D eigenvalue weighted by Gasteiger charge is -2.38. The highest BCUT2D eigenvalue weighted by Crippen LogP contribution is 2.35. The van der Waals surface area contributed by atoms with Crippen LogP contribution in [0, 0.1) is 5.92 Å². The average molecular weight is 340 g/mol. The summed E-state index contributed by atoms with van der Waals surface area (Å²) in [4.78, 5) is 30.6. The first-order valence-electron chi connectivity index (χ1n) is 8.71. The van der Waals surface area contributed by atoms with E-state index in [2.05, 4.69) is 10.3 Å². The molecule has 2 aromatic rings. The number of nitrogens with zero attached hydrogens (tertiary/aromatic N) is 3. The number of benzene rings is 1. The average Bonchev–Trinajstić information content (AvgIpc) is 3.15. The maximum Gasteiger partial charge on any atom is 0.225 e. The van der Waals surface area contributed by atoms with E-state index in [0.29, 0.717) is 19.4 Å².